The maximum Gasteiger partial charge on any atom is 0.213 e. The number of halogens is 1. The highest BCUT2D eigenvalue weighted by atomic mass is 127. The molecular formula is C16H26IN7O. The number of hydrogen-bond donors (Lipinski definition) is 2. The van der Waals surface area contributed by atoms with Gasteiger partial charge in [-0.1, -0.05) is 13.0 Å². The van der Waals surface area contributed by atoms with Gasteiger partial charge in [0.25, 0.3) is 0 Å². The predicted molar refractivity (Wildman–Crippen MR) is 108 cm³/mol. The molecule has 0 radical (unpaired) electrons. The molecule has 138 valence electrons. The van der Waals surface area contributed by atoms with Gasteiger partial charge in [-0.2, -0.15) is 5.10 Å². The summed E-state index contributed by atoms with van der Waals surface area (Å²) >= 11 is 0. The second-order valence-corrected chi connectivity index (χ2v) is 5.20. The smallest absolute Gasteiger partial charge is 0.213 e. The van der Waals surface area contributed by atoms with Crippen molar-refractivity contribution in [2.24, 2.45) is 12.0 Å². The summed E-state index contributed by atoms with van der Waals surface area (Å²) in [5.41, 5.74) is 1.02. The van der Waals surface area contributed by atoms with E-state index in [9.17, 15) is 0 Å². The Hall–Kier alpha value is -1.91. The lowest BCUT2D eigenvalue weighted by atomic mass is 10.3. The topological polar surface area (TPSA) is 89.3 Å². The van der Waals surface area contributed by atoms with Crippen molar-refractivity contribution in [2.45, 2.75) is 33.4 Å². The van der Waals surface area contributed by atoms with E-state index in [2.05, 4.69) is 37.6 Å². The molecule has 0 aliphatic carbocycles. The largest absolute Gasteiger partial charge is 0.478 e. The van der Waals surface area contributed by atoms with E-state index in [4.69, 9.17) is 4.74 Å². The molecule has 2 rings (SSSR count). The molecule has 0 aliphatic heterocycles. The zero-order chi connectivity index (χ0) is 17.2. The molecule has 2 heterocycles. The lowest BCUT2D eigenvalue weighted by Crippen LogP contribution is -2.37. The van der Waals surface area contributed by atoms with Gasteiger partial charge >= 0.3 is 0 Å². The molecule has 8 nitrogen and oxygen atoms in total. The number of nitrogens with zero attached hydrogens (tertiary/aromatic N) is 5. The Morgan fingerprint density at radius 3 is 2.68 bits per heavy atom. The second kappa shape index (κ2) is 11.6. The average Bonchev–Trinajstić information content (AvgIpc) is 3.01. The van der Waals surface area contributed by atoms with Crippen molar-refractivity contribution in [1.82, 2.24) is 30.4 Å². The minimum absolute atomic E-state index is 0. The van der Waals surface area contributed by atoms with E-state index in [1.54, 1.807) is 10.9 Å². The van der Waals surface area contributed by atoms with Gasteiger partial charge in [-0.15, -0.1) is 24.0 Å². The molecule has 0 saturated heterocycles. The van der Waals surface area contributed by atoms with Crippen LogP contribution in [0, 0.1) is 0 Å². The van der Waals surface area contributed by atoms with Crippen molar-refractivity contribution in [3.05, 3.63) is 36.0 Å². The van der Waals surface area contributed by atoms with Crippen molar-refractivity contribution in [3.63, 3.8) is 0 Å². The van der Waals surface area contributed by atoms with E-state index in [1.807, 2.05) is 26.1 Å². The summed E-state index contributed by atoms with van der Waals surface area (Å²) < 4.78 is 7.21. The number of pyridine rings is 1. The number of ether oxygens (including phenoxy) is 1. The monoisotopic (exact) mass is 459 g/mol. The van der Waals surface area contributed by atoms with Gasteiger partial charge in [-0.25, -0.2) is 15.0 Å². The van der Waals surface area contributed by atoms with Gasteiger partial charge in [-0.05, 0) is 18.9 Å². The SMILES string of the molecule is CCCOc1ccc(CN=C(NCC)NCc2ncnn2C)cn1.I. The van der Waals surface area contributed by atoms with Gasteiger partial charge in [0.05, 0.1) is 19.7 Å². The van der Waals surface area contributed by atoms with Crippen LogP contribution >= 0.6 is 24.0 Å². The molecular weight excluding hydrogens is 433 g/mol. The molecule has 9 heteroatoms. The quantitative estimate of drug-likeness (QED) is 0.356. The summed E-state index contributed by atoms with van der Waals surface area (Å²) in [6.07, 6.45) is 4.30. The van der Waals surface area contributed by atoms with Crippen LogP contribution in [0.25, 0.3) is 0 Å². The molecule has 0 amide bonds. The first-order valence-corrected chi connectivity index (χ1v) is 8.15. The highest BCUT2D eigenvalue weighted by molar-refractivity contribution is 14.0. The third-order valence-corrected chi connectivity index (χ3v) is 3.23. The van der Waals surface area contributed by atoms with E-state index in [0.717, 1.165) is 30.3 Å². The predicted octanol–water partition coefficient (Wildman–Crippen LogP) is 1.87. The molecule has 2 aromatic rings. The third kappa shape index (κ3) is 7.24. The average molecular weight is 459 g/mol. The standard InChI is InChI=1S/C16H25N7O.HI/c1-4-8-24-15-7-6-13(9-18-15)10-19-16(17-5-2)20-11-14-21-12-22-23(14)3;/h6-7,9,12H,4-5,8,10-11H2,1-3H3,(H2,17,19,20);1H. The van der Waals surface area contributed by atoms with E-state index >= 15 is 0 Å². The number of guanidine groups is 1. The molecule has 0 saturated carbocycles. The lowest BCUT2D eigenvalue weighted by molar-refractivity contribution is 0.305. The Morgan fingerprint density at radius 2 is 2.08 bits per heavy atom. The van der Waals surface area contributed by atoms with E-state index in [-0.39, 0.29) is 24.0 Å². The first-order chi connectivity index (χ1) is 11.7. The second-order valence-electron chi connectivity index (χ2n) is 5.20. The highest BCUT2D eigenvalue weighted by Crippen LogP contribution is 2.08. The van der Waals surface area contributed by atoms with E-state index in [1.165, 1.54) is 6.33 Å². The summed E-state index contributed by atoms with van der Waals surface area (Å²) in [7, 11) is 1.86. The maximum absolute atomic E-state index is 5.48. The minimum atomic E-state index is 0. The number of aryl methyl sites for hydroxylation is 1. The number of hydrogen-bond acceptors (Lipinski definition) is 5. The summed E-state index contributed by atoms with van der Waals surface area (Å²) in [6, 6.07) is 3.86. The molecule has 0 spiro atoms. The molecule has 0 aromatic carbocycles. The van der Waals surface area contributed by atoms with Crippen LogP contribution in [-0.4, -0.2) is 38.9 Å². The zero-order valence-corrected chi connectivity index (χ0v) is 17.2. The van der Waals surface area contributed by atoms with Gasteiger partial charge in [0.1, 0.15) is 12.2 Å². The molecule has 2 aromatic heterocycles. The zero-order valence-electron chi connectivity index (χ0n) is 14.9. The maximum atomic E-state index is 5.48. The van der Waals surface area contributed by atoms with Crippen LogP contribution in [0.5, 0.6) is 5.88 Å². The van der Waals surface area contributed by atoms with Crippen molar-refractivity contribution in [1.29, 1.82) is 0 Å². The van der Waals surface area contributed by atoms with Gasteiger partial charge < -0.3 is 15.4 Å². The van der Waals surface area contributed by atoms with Gasteiger partial charge in [0.15, 0.2) is 5.96 Å². The summed E-state index contributed by atoms with van der Waals surface area (Å²) in [5, 5.41) is 10.5. The van der Waals surface area contributed by atoms with Gasteiger partial charge in [0, 0.05) is 25.9 Å². The normalized spacial score (nSPS) is 10.9. The van der Waals surface area contributed by atoms with Crippen LogP contribution in [0.2, 0.25) is 0 Å². The molecule has 2 N–H and O–H groups in total. The van der Waals surface area contributed by atoms with Crippen LogP contribution in [0.4, 0.5) is 0 Å². The Kier molecular flexibility index (Phi) is 9.81. The van der Waals surface area contributed by atoms with Gasteiger partial charge in [-0.3, -0.25) is 4.68 Å². The number of nitrogens with one attached hydrogen (secondary N) is 2. The van der Waals surface area contributed by atoms with Crippen LogP contribution in [-0.2, 0) is 20.1 Å². The first-order valence-electron chi connectivity index (χ1n) is 8.15. The third-order valence-electron chi connectivity index (χ3n) is 3.23. The molecule has 0 fully saturated rings. The van der Waals surface area contributed by atoms with Crippen LogP contribution in [0.3, 0.4) is 0 Å². The summed E-state index contributed by atoms with van der Waals surface area (Å²) in [6.45, 7) is 6.66. The van der Waals surface area contributed by atoms with Crippen molar-refractivity contribution >= 4 is 29.9 Å². The highest BCUT2D eigenvalue weighted by Gasteiger charge is 2.03. The fraction of sp³-hybridized carbons (Fsp3) is 0.500. The summed E-state index contributed by atoms with van der Waals surface area (Å²) in [5.74, 6) is 2.23. The fourth-order valence-electron chi connectivity index (χ4n) is 1.95. The van der Waals surface area contributed by atoms with E-state index in [0.29, 0.717) is 25.6 Å². The Morgan fingerprint density at radius 1 is 1.24 bits per heavy atom. The molecule has 0 aliphatic rings. The Balaban J connectivity index is 0.00000312. The molecule has 25 heavy (non-hydrogen) atoms. The minimum Gasteiger partial charge on any atom is -0.478 e. The number of aromatic nitrogens is 4. The van der Waals surface area contributed by atoms with Crippen LogP contribution < -0.4 is 15.4 Å². The van der Waals surface area contributed by atoms with Gasteiger partial charge in [0.2, 0.25) is 5.88 Å². The molecule has 0 unspecified atom stereocenters. The van der Waals surface area contributed by atoms with Crippen molar-refractivity contribution in [3.8, 4) is 5.88 Å². The Bertz CT molecular complexity index is 642. The molecule has 0 atom stereocenters. The van der Waals surface area contributed by atoms with E-state index < -0.39 is 0 Å². The number of rotatable bonds is 8. The fourth-order valence-corrected chi connectivity index (χ4v) is 1.95. The van der Waals surface area contributed by atoms with Crippen molar-refractivity contribution in [2.75, 3.05) is 13.2 Å². The first kappa shape index (κ1) is 21.1. The molecule has 0 bridgehead atoms. The number of aliphatic imine (C=N–C) groups is 1. The summed E-state index contributed by atoms with van der Waals surface area (Å²) in [4.78, 5) is 13.0. The lowest BCUT2D eigenvalue weighted by Gasteiger charge is -2.11. The van der Waals surface area contributed by atoms with Crippen LogP contribution in [0.15, 0.2) is 29.6 Å². The van der Waals surface area contributed by atoms with Crippen molar-refractivity contribution < 1.29 is 4.74 Å². The Labute approximate surface area is 165 Å². The van der Waals surface area contributed by atoms with Crippen LogP contribution in [0.1, 0.15) is 31.7 Å².